The van der Waals surface area contributed by atoms with Crippen molar-refractivity contribution in [3.8, 4) is 0 Å². The lowest BCUT2D eigenvalue weighted by molar-refractivity contribution is -0.146. The van der Waals surface area contributed by atoms with E-state index in [-0.39, 0.29) is 5.04 Å². The molecule has 0 amide bonds. The Morgan fingerprint density at radius 1 is 0.846 bits per heavy atom. The zero-order chi connectivity index (χ0) is 20.1. The molecule has 0 unspecified atom stereocenters. The van der Waals surface area contributed by atoms with Crippen LogP contribution in [0.4, 0.5) is 0 Å². The van der Waals surface area contributed by atoms with Crippen LogP contribution in [0, 0.1) is 0 Å². The summed E-state index contributed by atoms with van der Waals surface area (Å²) in [6, 6.07) is 0. The predicted molar refractivity (Wildman–Crippen MR) is 115 cm³/mol. The van der Waals surface area contributed by atoms with Crippen LogP contribution >= 0.6 is 0 Å². The second-order valence-electron chi connectivity index (χ2n) is 9.38. The molecule has 0 aliphatic heterocycles. The Morgan fingerprint density at radius 3 is 1.58 bits per heavy atom. The molecular formula is C22H46O3Si. The van der Waals surface area contributed by atoms with E-state index >= 15 is 0 Å². The average molecular weight is 387 g/mol. The summed E-state index contributed by atoms with van der Waals surface area (Å²) < 4.78 is 6.10. The minimum atomic E-state index is -2.01. The number of carbonyl (C=O) groups is 1. The largest absolute Gasteiger partial charge is 0.479 e. The van der Waals surface area contributed by atoms with Crippen molar-refractivity contribution >= 4 is 14.3 Å². The Labute approximate surface area is 164 Å². The Balaban J connectivity index is 3.78. The van der Waals surface area contributed by atoms with Crippen LogP contribution in [0.5, 0.6) is 0 Å². The molecule has 3 nitrogen and oxygen atoms in total. The molecule has 0 aromatic carbocycles. The molecule has 0 saturated heterocycles. The van der Waals surface area contributed by atoms with Gasteiger partial charge in [0, 0.05) is 0 Å². The molecule has 1 N–H and O–H groups in total. The van der Waals surface area contributed by atoms with Crippen molar-refractivity contribution in [1.29, 1.82) is 0 Å². The molecule has 0 saturated carbocycles. The summed E-state index contributed by atoms with van der Waals surface area (Å²) in [7, 11) is -2.01. The van der Waals surface area contributed by atoms with Crippen molar-refractivity contribution in [3.05, 3.63) is 0 Å². The molecule has 0 aliphatic rings. The van der Waals surface area contributed by atoms with Crippen LogP contribution < -0.4 is 0 Å². The summed E-state index contributed by atoms with van der Waals surface area (Å²) in [4.78, 5) is 11.5. The molecule has 26 heavy (non-hydrogen) atoms. The van der Waals surface area contributed by atoms with Gasteiger partial charge in [-0.15, -0.1) is 0 Å². The minimum Gasteiger partial charge on any atom is -0.479 e. The standard InChI is InChI=1S/C22H46O3Si/c1-7-8-9-10-11-12-13-14-15-16-17-18-19-20(21(23)24)25-26(5,6)22(2,3)4/h20H,7-19H2,1-6H3,(H,23,24)/t20-/m0/s1. The van der Waals surface area contributed by atoms with Crippen LogP contribution in [0.25, 0.3) is 0 Å². The Bertz CT molecular complexity index is 361. The third-order valence-electron chi connectivity index (χ3n) is 5.84. The molecular weight excluding hydrogens is 340 g/mol. The highest BCUT2D eigenvalue weighted by atomic mass is 28.4. The first kappa shape index (κ1) is 25.6. The molecule has 0 fully saturated rings. The fourth-order valence-corrected chi connectivity index (χ4v) is 4.22. The van der Waals surface area contributed by atoms with Gasteiger partial charge in [-0.25, -0.2) is 4.79 Å². The summed E-state index contributed by atoms with van der Waals surface area (Å²) in [6.45, 7) is 13.0. The smallest absolute Gasteiger partial charge is 0.331 e. The van der Waals surface area contributed by atoms with Gasteiger partial charge in [0.2, 0.25) is 0 Å². The number of carboxylic acid groups (broad SMARTS) is 1. The maximum Gasteiger partial charge on any atom is 0.331 e. The fraction of sp³-hybridized carbons (Fsp3) is 0.955. The number of unbranched alkanes of at least 4 members (excludes halogenated alkanes) is 11. The predicted octanol–water partition coefficient (Wildman–Crippen LogP) is 7.55. The summed E-state index contributed by atoms with van der Waals surface area (Å²) in [6.07, 6.45) is 15.6. The van der Waals surface area contributed by atoms with Crippen LogP contribution in [0.1, 0.15) is 111 Å². The van der Waals surface area contributed by atoms with E-state index in [1.807, 2.05) is 0 Å². The van der Waals surface area contributed by atoms with E-state index in [4.69, 9.17) is 4.43 Å². The van der Waals surface area contributed by atoms with Crippen molar-refractivity contribution in [2.24, 2.45) is 0 Å². The minimum absolute atomic E-state index is 0.0528. The lowest BCUT2D eigenvalue weighted by Gasteiger charge is -2.38. The molecule has 0 heterocycles. The van der Waals surface area contributed by atoms with E-state index in [1.165, 1.54) is 64.2 Å². The van der Waals surface area contributed by atoms with Gasteiger partial charge in [0.15, 0.2) is 8.32 Å². The number of hydrogen-bond acceptors (Lipinski definition) is 2. The average Bonchev–Trinajstić information content (AvgIpc) is 2.53. The third-order valence-corrected chi connectivity index (χ3v) is 10.3. The molecule has 156 valence electrons. The highest BCUT2D eigenvalue weighted by molar-refractivity contribution is 6.74. The molecule has 0 radical (unpaired) electrons. The maximum absolute atomic E-state index is 11.5. The van der Waals surface area contributed by atoms with Crippen molar-refractivity contribution in [3.63, 3.8) is 0 Å². The summed E-state index contributed by atoms with van der Waals surface area (Å²) >= 11 is 0. The second kappa shape index (κ2) is 13.8. The molecule has 0 spiro atoms. The van der Waals surface area contributed by atoms with Gasteiger partial charge in [0.05, 0.1) is 0 Å². The highest BCUT2D eigenvalue weighted by Gasteiger charge is 2.40. The van der Waals surface area contributed by atoms with Crippen molar-refractivity contribution in [1.82, 2.24) is 0 Å². The first-order chi connectivity index (χ1) is 12.1. The maximum atomic E-state index is 11.5. The lowest BCUT2D eigenvalue weighted by Crippen LogP contribution is -2.46. The van der Waals surface area contributed by atoms with E-state index in [0.717, 1.165) is 12.8 Å². The molecule has 0 aromatic heterocycles. The Kier molecular flexibility index (Phi) is 13.6. The molecule has 0 bridgehead atoms. The molecule has 0 rings (SSSR count). The van der Waals surface area contributed by atoms with Gasteiger partial charge in [-0.2, -0.15) is 0 Å². The first-order valence-corrected chi connectivity index (χ1v) is 13.9. The monoisotopic (exact) mass is 386 g/mol. The van der Waals surface area contributed by atoms with Gasteiger partial charge in [-0.05, 0) is 24.6 Å². The van der Waals surface area contributed by atoms with E-state index in [0.29, 0.717) is 6.42 Å². The Hall–Kier alpha value is -0.353. The van der Waals surface area contributed by atoms with Crippen molar-refractivity contribution in [2.45, 2.75) is 135 Å². The van der Waals surface area contributed by atoms with Gasteiger partial charge in [-0.1, -0.05) is 105 Å². The van der Waals surface area contributed by atoms with E-state index in [9.17, 15) is 9.90 Å². The normalized spacial score (nSPS) is 13.8. The summed E-state index contributed by atoms with van der Waals surface area (Å²) in [5, 5.41) is 9.53. The number of hydrogen-bond donors (Lipinski definition) is 1. The summed E-state index contributed by atoms with van der Waals surface area (Å²) in [5.74, 6) is -0.794. The lowest BCUT2D eigenvalue weighted by atomic mass is 10.0. The molecule has 0 aliphatic carbocycles. The fourth-order valence-electron chi connectivity index (χ4n) is 2.94. The van der Waals surface area contributed by atoms with Gasteiger partial charge >= 0.3 is 5.97 Å². The van der Waals surface area contributed by atoms with Crippen LogP contribution in [0.3, 0.4) is 0 Å². The van der Waals surface area contributed by atoms with Gasteiger partial charge in [0.25, 0.3) is 0 Å². The zero-order valence-corrected chi connectivity index (χ0v) is 19.5. The van der Waals surface area contributed by atoms with Crippen LogP contribution in [0.2, 0.25) is 18.1 Å². The third kappa shape index (κ3) is 12.1. The van der Waals surface area contributed by atoms with Crippen molar-refractivity contribution in [2.75, 3.05) is 0 Å². The quantitative estimate of drug-likeness (QED) is 0.220. The number of rotatable bonds is 16. The number of aliphatic carboxylic acids is 1. The summed E-state index contributed by atoms with van der Waals surface area (Å²) in [5.41, 5.74) is 0. The Morgan fingerprint density at radius 2 is 1.23 bits per heavy atom. The van der Waals surface area contributed by atoms with Gasteiger partial charge in [-0.3, -0.25) is 0 Å². The van der Waals surface area contributed by atoms with Gasteiger partial charge < -0.3 is 9.53 Å². The SMILES string of the molecule is CCCCCCCCCCCCCC[C@H](O[Si](C)(C)C(C)(C)C)C(=O)O. The molecule has 0 aromatic rings. The van der Waals surface area contributed by atoms with E-state index in [2.05, 4.69) is 40.8 Å². The van der Waals surface area contributed by atoms with Crippen LogP contribution in [0.15, 0.2) is 0 Å². The molecule has 1 atom stereocenters. The van der Waals surface area contributed by atoms with Crippen LogP contribution in [-0.2, 0) is 9.22 Å². The van der Waals surface area contributed by atoms with Gasteiger partial charge in [0.1, 0.15) is 6.10 Å². The number of carboxylic acids is 1. The highest BCUT2D eigenvalue weighted by Crippen LogP contribution is 2.37. The molecule has 4 heteroatoms. The second-order valence-corrected chi connectivity index (χ2v) is 14.1. The zero-order valence-electron chi connectivity index (χ0n) is 18.5. The van der Waals surface area contributed by atoms with E-state index in [1.54, 1.807) is 0 Å². The van der Waals surface area contributed by atoms with E-state index < -0.39 is 20.4 Å². The van der Waals surface area contributed by atoms with Crippen molar-refractivity contribution < 1.29 is 14.3 Å². The van der Waals surface area contributed by atoms with Crippen LogP contribution in [-0.4, -0.2) is 25.5 Å². The topological polar surface area (TPSA) is 46.5 Å². The first-order valence-electron chi connectivity index (χ1n) is 11.0.